The van der Waals surface area contributed by atoms with Crippen LogP contribution in [0.25, 0.3) is 0 Å². The summed E-state index contributed by atoms with van der Waals surface area (Å²) in [6.07, 6.45) is 1.05. The normalized spacial score (nSPS) is 20.6. The lowest BCUT2D eigenvalue weighted by Gasteiger charge is -2.44. The molecule has 0 saturated carbocycles. The molecule has 2 atom stereocenters. The summed E-state index contributed by atoms with van der Waals surface area (Å²) in [5.41, 5.74) is 0.814. The van der Waals surface area contributed by atoms with Crippen LogP contribution in [-0.4, -0.2) is 49.7 Å². The van der Waals surface area contributed by atoms with Crippen molar-refractivity contribution in [3.05, 3.63) is 47.7 Å². The highest BCUT2D eigenvalue weighted by atomic mass is 16.5. The van der Waals surface area contributed by atoms with Gasteiger partial charge in [0, 0.05) is 0 Å². The van der Waals surface area contributed by atoms with Gasteiger partial charge in [-0.2, -0.15) is 0 Å². The van der Waals surface area contributed by atoms with E-state index in [1.54, 1.807) is 4.90 Å². The molecule has 2 rings (SSSR count). The average molecular weight is 361 g/mol. The van der Waals surface area contributed by atoms with Gasteiger partial charge in [-0.25, -0.2) is 14.4 Å². The number of hydrogen-bond donors (Lipinski definition) is 0. The third-order valence-corrected chi connectivity index (χ3v) is 4.20. The highest BCUT2D eigenvalue weighted by molar-refractivity contribution is 5.96. The molecule has 1 saturated heterocycles. The molecule has 0 bridgehead atoms. The molecule has 1 aliphatic heterocycles. The molecule has 7 nitrogen and oxygen atoms in total. The van der Waals surface area contributed by atoms with Gasteiger partial charge in [0.25, 0.3) is 0 Å². The number of morpholine rings is 1. The second-order valence-electron chi connectivity index (χ2n) is 6.20. The lowest BCUT2D eigenvalue weighted by molar-refractivity contribution is -0.165. The standard InChI is InChI=1S/C19H23NO6/c1-12(2)17-19(23)26-11-15(13-8-6-5-7-9-13)20(17)14(18(22)25-4)10-16(21)24-3/h5-10,12,15,17H,11H2,1-4H3/b14-10+/t15-,17-/m0/s1. The van der Waals surface area contributed by atoms with Gasteiger partial charge >= 0.3 is 17.9 Å². The fourth-order valence-corrected chi connectivity index (χ4v) is 2.99. The lowest BCUT2D eigenvalue weighted by atomic mass is 9.94. The van der Waals surface area contributed by atoms with Crippen LogP contribution in [0.4, 0.5) is 0 Å². The van der Waals surface area contributed by atoms with E-state index in [2.05, 4.69) is 4.74 Å². The molecule has 1 heterocycles. The molecule has 0 radical (unpaired) electrons. The Morgan fingerprint density at radius 1 is 1.19 bits per heavy atom. The number of esters is 3. The van der Waals surface area contributed by atoms with Gasteiger partial charge in [0.15, 0.2) is 0 Å². The SMILES string of the molecule is COC(=O)/C=C(\C(=O)OC)N1[C@@H](C(C)C)C(=O)OC[C@H]1c1ccccc1. The molecule has 0 amide bonds. The van der Waals surface area contributed by atoms with Crippen LogP contribution in [0.5, 0.6) is 0 Å². The van der Waals surface area contributed by atoms with Gasteiger partial charge < -0.3 is 19.1 Å². The summed E-state index contributed by atoms with van der Waals surface area (Å²) in [5, 5.41) is 0. The third kappa shape index (κ3) is 4.04. The molecule has 1 aliphatic rings. The molecule has 0 unspecified atom stereocenters. The Hall–Kier alpha value is -2.83. The topological polar surface area (TPSA) is 82.1 Å². The molecule has 0 N–H and O–H groups in total. The van der Waals surface area contributed by atoms with Gasteiger partial charge in [-0.05, 0) is 11.5 Å². The number of nitrogens with zero attached hydrogens (tertiary/aromatic N) is 1. The van der Waals surface area contributed by atoms with E-state index in [0.717, 1.165) is 11.6 Å². The number of carbonyl (C=O) groups excluding carboxylic acids is 3. The number of carbonyl (C=O) groups is 3. The maximum atomic E-state index is 12.4. The van der Waals surface area contributed by atoms with Crippen LogP contribution >= 0.6 is 0 Å². The second kappa shape index (κ2) is 8.51. The summed E-state index contributed by atoms with van der Waals surface area (Å²) in [5.74, 6) is -2.05. The maximum Gasteiger partial charge on any atom is 0.354 e. The Kier molecular flexibility index (Phi) is 6.38. The Labute approximate surface area is 152 Å². The largest absolute Gasteiger partial charge is 0.466 e. The van der Waals surface area contributed by atoms with E-state index in [4.69, 9.17) is 9.47 Å². The third-order valence-electron chi connectivity index (χ3n) is 4.20. The number of rotatable bonds is 5. The first-order chi connectivity index (χ1) is 12.4. The minimum atomic E-state index is -0.746. The predicted octanol–water partition coefficient (Wildman–Crippen LogP) is 1.84. The van der Waals surface area contributed by atoms with E-state index in [1.807, 2.05) is 44.2 Å². The van der Waals surface area contributed by atoms with Crippen LogP contribution in [0.3, 0.4) is 0 Å². The Balaban J connectivity index is 2.61. The molecule has 26 heavy (non-hydrogen) atoms. The number of ether oxygens (including phenoxy) is 3. The fourth-order valence-electron chi connectivity index (χ4n) is 2.99. The Bertz CT molecular complexity index is 697. The summed E-state index contributed by atoms with van der Waals surface area (Å²) in [6.45, 7) is 3.75. The van der Waals surface area contributed by atoms with Crippen molar-refractivity contribution in [3.8, 4) is 0 Å². The van der Waals surface area contributed by atoms with E-state index >= 15 is 0 Å². The first-order valence-corrected chi connectivity index (χ1v) is 8.28. The van der Waals surface area contributed by atoms with Crippen molar-refractivity contribution in [2.24, 2.45) is 5.92 Å². The minimum absolute atomic E-state index is 0.0384. The first kappa shape index (κ1) is 19.5. The number of hydrogen-bond acceptors (Lipinski definition) is 7. The van der Waals surface area contributed by atoms with Gasteiger partial charge in [-0.15, -0.1) is 0 Å². The van der Waals surface area contributed by atoms with Crippen molar-refractivity contribution < 1.29 is 28.6 Å². The summed E-state index contributed by atoms with van der Waals surface area (Å²) < 4.78 is 14.9. The zero-order chi connectivity index (χ0) is 19.3. The van der Waals surface area contributed by atoms with E-state index < -0.39 is 30.0 Å². The monoisotopic (exact) mass is 361 g/mol. The molecular formula is C19H23NO6. The Morgan fingerprint density at radius 3 is 2.38 bits per heavy atom. The first-order valence-electron chi connectivity index (χ1n) is 8.28. The molecule has 1 fully saturated rings. The van der Waals surface area contributed by atoms with Gasteiger partial charge in [0.1, 0.15) is 18.3 Å². The summed E-state index contributed by atoms with van der Waals surface area (Å²) in [6, 6.07) is 8.16. The molecule has 0 aromatic heterocycles. The van der Waals surface area contributed by atoms with Gasteiger partial charge in [0.2, 0.25) is 0 Å². The van der Waals surface area contributed by atoms with Crippen molar-refractivity contribution in [2.75, 3.05) is 20.8 Å². The molecule has 0 aliphatic carbocycles. The number of methoxy groups -OCH3 is 2. The second-order valence-corrected chi connectivity index (χ2v) is 6.20. The van der Waals surface area contributed by atoms with Gasteiger partial charge in [-0.1, -0.05) is 44.2 Å². The quantitative estimate of drug-likeness (QED) is 0.450. The average Bonchev–Trinajstić information content (AvgIpc) is 2.65. The van der Waals surface area contributed by atoms with Crippen LogP contribution in [0.2, 0.25) is 0 Å². The molecule has 0 spiro atoms. The zero-order valence-corrected chi connectivity index (χ0v) is 15.3. The van der Waals surface area contributed by atoms with Gasteiger partial charge in [-0.3, -0.25) is 0 Å². The van der Waals surface area contributed by atoms with Crippen LogP contribution in [0.1, 0.15) is 25.5 Å². The van der Waals surface area contributed by atoms with Crippen molar-refractivity contribution >= 4 is 17.9 Å². The zero-order valence-electron chi connectivity index (χ0n) is 15.3. The van der Waals surface area contributed by atoms with Crippen LogP contribution in [0, 0.1) is 5.92 Å². The van der Waals surface area contributed by atoms with Crippen molar-refractivity contribution in [1.82, 2.24) is 4.90 Å². The molecule has 7 heteroatoms. The van der Waals surface area contributed by atoms with Gasteiger partial charge in [0.05, 0.1) is 26.3 Å². The van der Waals surface area contributed by atoms with Crippen molar-refractivity contribution in [2.45, 2.75) is 25.9 Å². The molecule has 1 aromatic rings. The summed E-state index contributed by atoms with van der Waals surface area (Å²) in [7, 11) is 2.43. The van der Waals surface area contributed by atoms with E-state index in [0.29, 0.717) is 0 Å². The minimum Gasteiger partial charge on any atom is -0.466 e. The smallest absolute Gasteiger partial charge is 0.354 e. The van der Waals surface area contributed by atoms with E-state index in [9.17, 15) is 14.4 Å². The van der Waals surface area contributed by atoms with E-state index in [1.165, 1.54) is 14.2 Å². The number of benzene rings is 1. The summed E-state index contributed by atoms with van der Waals surface area (Å²) >= 11 is 0. The highest BCUT2D eigenvalue weighted by Crippen LogP contribution is 2.35. The van der Waals surface area contributed by atoms with Crippen molar-refractivity contribution in [3.63, 3.8) is 0 Å². The van der Waals surface area contributed by atoms with Crippen LogP contribution in [-0.2, 0) is 28.6 Å². The van der Waals surface area contributed by atoms with Crippen LogP contribution in [0.15, 0.2) is 42.1 Å². The molecular weight excluding hydrogens is 338 g/mol. The maximum absolute atomic E-state index is 12.4. The van der Waals surface area contributed by atoms with E-state index in [-0.39, 0.29) is 18.2 Å². The van der Waals surface area contributed by atoms with Crippen LogP contribution < -0.4 is 0 Å². The number of cyclic esters (lactones) is 1. The molecule has 1 aromatic carbocycles. The highest BCUT2D eigenvalue weighted by Gasteiger charge is 2.43. The molecule has 140 valence electrons. The predicted molar refractivity (Wildman–Crippen MR) is 92.7 cm³/mol. The summed E-state index contributed by atoms with van der Waals surface area (Å²) in [4.78, 5) is 38.3. The Morgan fingerprint density at radius 2 is 1.85 bits per heavy atom. The fraction of sp³-hybridized carbons (Fsp3) is 0.421. The lowest BCUT2D eigenvalue weighted by Crippen LogP contribution is -2.53. The van der Waals surface area contributed by atoms with Crippen molar-refractivity contribution in [1.29, 1.82) is 0 Å².